The third kappa shape index (κ3) is 7.99. The molecule has 0 aliphatic carbocycles. The minimum atomic E-state index is -0.662. The number of thioether (sulfide) groups is 1. The summed E-state index contributed by atoms with van der Waals surface area (Å²) in [6, 6.07) is 38.0. The molecular formula is C41H35N7O5S. The predicted molar refractivity (Wildman–Crippen MR) is 203 cm³/mol. The Morgan fingerprint density at radius 2 is 1.61 bits per heavy atom. The molecule has 0 bridgehead atoms. The number of rotatable bonds is 11. The maximum atomic E-state index is 13.0. The molecule has 3 heterocycles. The van der Waals surface area contributed by atoms with Crippen LogP contribution in [-0.4, -0.2) is 58.2 Å². The van der Waals surface area contributed by atoms with Gasteiger partial charge in [-0.05, 0) is 86.8 Å². The van der Waals surface area contributed by atoms with Gasteiger partial charge in [0.2, 0.25) is 5.16 Å². The molecule has 0 spiro atoms. The van der Waals surface area contributed by atoms with Crippen LogP contribution >= 0.6 is 11.8 Å². The Kier molecular flexibility index (Phi) is 10.4. The SMILES string of the molecule is O=C(NCc1cccc(-c2cccc(C3OC(CSc4nnnn4-c4ccc(O)cc4)CC(c4ccc(CO)cc4)O3)c2)c1)c1cnc2ccccc2n1. The maximum absolute atomic E-state index is 13.0. The fourth-order valence-electron chi connectivity index (χ4n) is 6.28. The van der Waals surface area contributed by atoms with Crippen molar-refractivity contribution in [2.24, 2.45) is 0 Å². The topological polar surface area (TPSA) is 157 Å². The van der Waals surface area contributed by atoms with Crippen LogP contribution in [0, 0.1) is 0 Å². The molecule has 0 saturated carbocycles. The summed E-state index contributed by atoms with van der Waals surface area (Å²) in [5.41, 5.74) is 7.97. The third-order valence-electron chi connectivity index (χ3n) is 9.10. The summed E-state index contributed by atoms with van der Waals surface area (Å²) in [4.78, 5) is 21.8. The number of tetrazole rings is 1. The number of nitrogens with zero attached hydrogens (tertiary/aromatic N) is 6. The fourth-order valence-corrected chi connectivity index (χ4v) is 7.19. The van der Waals surface area contributed by atoms with Crippen LogP contribution in [0.5, 0.6) is 5.75 Å². The van der Waals surface area contributed by atoms with E-state index in [1.54, 1.807) is 28.9 Å². The lowest BCUT2D eigenvalue weighted by Gasteiger charge is -2.36. The first kappa shape index (κ1) is 35.1. The van der Waals surface area contributed by atoms with Crippen molar-refractivity contribution < 1.29 is 24.5 Å². The van der Waals surface area contributed by atoms with Crippen LogP contribution < -0.4 is 5.32 Å². The Bertz CT molecular complexity index is 2390. The number of carbonyl (C=O) groups is 1. The van der Waals surface area contributed by atoms with Gasteiger partial charge in [0.1, 0.15) is 11.4 Å². The van der Waals surface area contributed by atoms with E-state index in [9.17, 15) is 15.0 Å². The quantitative estimate of drug-likeness (QED) is 0.121. The smallest absolute Gasteiger partial charge is 0.271 e. The number of aromatic nitrogens is 6. The number of ether oxygens (including phenoxy) is 2. The first-order valence-corrected chi connectivity index (χ1v) is 18.4. The number of fused-ring (bicyclic) bond motifs is 1. The zero-order valence-electron chi connectivity index (χ0n) is 28.9. The van der Waals surface area contributed by atoms with E-state index in [4.69, 9.17) is 9.47 Å². The number of carbonyl (C=O) groups excluding carboxylic acids is 1. The number of aromatic hydroxyl groups is 1. The number of phenolic OH excluding ortho intramolecular Hbond substituents is 1. The van der Waals surface area contributed by atoms with Gasteiger partial charge in [0.15, 0.2) is 6.29 Å². The van der Waals surface area contributed by atoms with Gasteiger partial charge >= 0.3 is 0 Å². The average Bonchev–Trinajstić information content (AvgIpc) is 3.71. The van der Waals surface area contributed by atoms with E-state index in [0.717, 1.165) is 44.6 Å². The van der Waals surface area contributed by atoms with Crippen molar-refractivity contribution in [3.63, 3.8) is 0 Å². The minimum Gasteiger partial charge on any atom is -0.508 e. The second kappa shape index (κ2) is 15.9. The van der Waals surface area contributed by atoms with Crippen LogP contribution in [0.1, 0.15) is 51.6 Å². The lowest BCUT2D eigenvalue weighted by atomic mass is 9.99. The van der Waals surface area contributed by atoms with Crippen LogP contribution in [0.25, 0.3) is 27.8 Å². The zero-order valence-corrected chi connectivity index (χ0v) is 29.7. The molecule has 3 atom stereocenters. The zero-order chi connectivity index (χ0) is 36.9. The normalized spacial score (nSPS) is 17.0. The number of hydrogen-bond acceptors (Lipinski definition) is 11. The van der Waals surface area contributed by atoms with Gasteiger partial charge in [-0.2, -0.15) is 4.68 Å². The lowest BCUT2D eigenvalue weighted by Crippen LogP contribution is -2.31. The van der Waals surface area contributed by atoms with Crippen molar-refractivity contribution in [3.05, 3.63) is 155 Å². The highest BCUT2D eigenvalue weighted by Gasteiger charge is 2.33. The van der Waals surface area contributed by atoms with Crippen molar-refractivity contribution in [1.29, 1.82) is 0 Å². The van der Waals surface area contributed by atoms with Crippen molar-refractivity contribution in [2.75, 3.05) is 5.75 Å². The molecule has 8 rings (SSSR count). The monoisotopic (exact) mass is 737 g/mol. The van der Waals surface area contributed by atoms with Gasteiger partial charge in [-0.1, -0.05) is 84.6 Å². The molecule has 1 fully saturated rings. The number of nitrogens with one attached hydrogen (secondary N) is 1. The fraction of sp³-hybridized carbons (Fsp3) is 0.171. The molecule has 3 unspecified atom stereocenters. The second-order valence-corrected chi connectivity index (χ2v) is 13.8. The summed E-state index contributed by atoms with van der Waals surface area (Å²) in [5, 5.41) is 35.2. The van der Waals surface area contributed by atoms with Gasteiger partial charge in [-0.15, -0.1) is 5.10 Å². The van der Waals surface area contributed by atoms with Gasteiger partial charge in [0, 0.05) is 24.3 Å². The van der Waals surface area contributed by atoms with E-state index in [1.807, 2.05) is 84.9 Å². The van der Waals surface area contributed by atoms with Crippen molar-refractivity contribution in [3.8, 4) is 22.6 Å². The first-order chi connectivity index (χ1) is 26.5. The molecule has 1 saturated heterocycles. The van der Waals surface area contributed by atoms with E-state index in [1.165, 1.54) is 18.0 Å². The van der Waals surface area contributed by atoms with Crippen LogP contribution in [0.3, 0.4) is 0 Å². The summed E-state index contributed by atoms with van der Waals surface area (Å²) >= 11 is 1.48. The Balaban J connectivity index is 0.992. The minimum absolute atomic E-state index is 0.0357. The summed E-state index contributed by atoms with van der Waals surface area (Å²) in [7, 11) is 0. The Labute approximate surface area is 314 Å². The molecule has 1 aliphatic heterocycles. The molecule has 3 N–H and O–H groups in total. The van der Waals surface area contributed by atoms with E-state index in [-0.39, 0.29) is 36.2 Å². The molecule has 7 aromatic rings. The standard InChI is InChI=1S/C41H35N7O5S/c49-24-26-11-13-28(14-12-26)38-21-34(25-54-41-45-46-47-48(41)32-15-17-33(50)18-16-32)52-40(53-38)31-8-4-7-30(20-31)29-6-3-5-27(19-29)22-43-39(51)37-23-42-35-9-1-2-10-36(35)44-37/h1-20,23,34,38,40,49-50H,21-22,24-25H2,(H,43,51). The first-order valence-electron chi connectivity index (χ1n) is 17.4. The molecule has 13 heteroatoms. The van der Waals surface area contributed by atoms with Crippen molar-refractivity contribution in [1.82, 2.24) is 35.5 Å². The van der Waals surface area contributed by atoms with Crippen LogP contribution in [-0.2, 0) is 22.6 Å². The third-order valence-corrected chi connectivity index (χ3v) is 10.2. The highest BCUT2D eigenvalue weighted by atomic mass is 32.2. The maximum Gasteiger partial charge on any atom is 0.271 e. The summed E-state index contributed by atoms with van der Waals surface area (Å²) in [6.45, 7) is 0.286. The van der Waals surface area contributed by atoms with E-state index in [0.29, 0.717) is 29.4 Å². The molecule has 5 aromatic carbocycles. The molecule has 0 radical (unpaired) electrons. The number of aliphatic hydroxyl groups is 1. The van der Waals surface area contributed by atoms with E-state index >= 15 is 0 Å². The van der Waals surface area contributed by atoms with Crippen molar-refractivity contribution >= 4 is 28.7 Å². The number of para-hydroxylation sites is 2. The Morgan fingerprint density at radius 3 is 2.43 bits per heavy atom. The Morgan fingerprint density at radius 1 is 0.833 bits per heavy atom. The molecule has 1 amide bonds. The van der Waals surface area contributed by atoms with E-state index < -0.39 is 6.29 Å². The molecular weight excluding hydrogens is 703 g/mol. The van der Waals surface area contributed by atoms with Crippen LogP contribution in [0.2, 0.25) is 0 Å². The number of aliphatic hydroxyl groups excluding tert-OH is 1. The van der Waals surface area contributed by atoms with Crippen LogP contribution in [0.4, 0.5) is 0 Å². The summed E-state index contributed by atoms with van der Waals surface area (Å²) in [6.07, 6.45) is 0.946. The highest BCUT2D eigenvalue weighted by Crippen LogP contribution is 2.40. The predicted octanol–water partition coefficient (Wildman–Crippen LogP) is 6.74. The summed E-state index contributed by atoms with van der Waals surface area (Å²) < 4.78 is 14.9. The second-order valence-electron chi connectivity index (χ2n) is 12.8. The van der Waals surface area contributed by atoms with Gasteiger partial charge < -0.3 is 25.0 Å². The van der Waals surface area contributed by atoms with Gasteiger partial charge in [0.25, 0.3) is 5.91 Å². The van der Waals surface area contributed by atoms with E-state index in [2.05, 4.69) is 42.9 Å². The molecule has 2 aromatic heterocycles. The van der Waals surface area contributed by atoms with Gasteiger partial charge in [-0.25, -0.2) is 4.98 Å². The molecule has 12 nitrogen and oxygen atoms in total. The van der Waals surface area contributed by atoms with Gasteiger partial charge in [-0.3, -0.25) is 9.78 Å². The molecule has 54 heavy (non-hydrogen) atoms. The number of benzene rings is 5. The largest absolute Gasteiger partial charge is 0.508 e. The number of amides is 1. The van der Waals surface area contributed by atoms with Crippen LogP contribution in [0.15, 0.2) is 133 Å². The number of hydrogen-bond donors (Lipinski definition) is 3. The highest BCUT2D eigenvalue weighted by molar-refractivity contribution is 7.99. The lowest BCUT2D eigenvalue weighted by molar-refractivity contribution is -0.245. The Hall–Kier alpha value is -5.99. The molecule has 270 valence electrons. The van der Waals surface area contributed by atoms with Gasteiger partial charge in [0.05, 0.1) is 41.7 Å². The van der Waals surface area contributed by atoms with Crippen molar-refractivity contribution in [2.45, 2.75) is 43.2 Å². The summed E-state index contributed by atoms with van der Waals surface area (Å²) in [5.74, 6) is 0.425. The average molecular weight is 738 g/mol. The number of phenols is 1. The molecule has 1 aliphatic rings.